The first-order valence-electron chi connectivity index (χ1n) is 13.3. The summed E-state index contributed by atoms with van der Waals surface area (Å²) < 4.78 is 12.8. The molecule has 1 N–H and O–H groups in total. The summed E-state index contributed by atoms with van der Waals surface area (Å²) in [5.41, 5.74) is 0.867. The summed E-state index contributed by atoms with van der Waals surface area (Å²) in [4.78, 5) is 28.3. The van der Waals surface area contributed by atoms with E-state index < -0.39 is 0 Å². The number of piperidine rings is 2. The first-order valence-corrected chi connectivity index (χ1v) is 14.4. The minimum atomic E-state index is -0.379. The van der Waals surface area contributed by atoms with Gasteiger partial charge in [0.2, 0.25) is 5.91 Å². The van der Waals surface area contributed by atoms with Crippen LogP contribution in [0.3, 0.4) is 0 Å². The van der Waals surface area contributed by atoms with Gasteiger partial charge < -0.3 is 24.6 Å². The van der Waals surface area contributed by atoms with Crippen LogP contribution in [0.4, 0.5) is 0 Å². The van der Waals surface area contributed by atoms with Crippen molar-refractivity contribution in [3.05, 3.63) is 62.6 Å². The van der Waals surface area contributed by atoms with Crippen LogP contribution in [0, 0.1) is 0 Å². The van der Waals surface area contributed by atoms with Crippen LogP contribution in [-0.2, 0) is 4.79 Å². The summed E-state index contributed by atoms with van der Waals surface area (Å²) in [6.07, 6.45) is 7.46. The Labute approximate surface area is 244 Å². The Morgan fingerprint density at radius 1 is 1.05 bits per heavy atom. The summed E-state index contributed by atoms with van der Waals surface area (Å²) in [6, 6.07) is 8.83. The highest BCUT2D eigenvalue weighted by molar-refractivity contribution is 6.39. The molecule has 0 radical (unpaired) electrons. The maximum atomic E-state index is 12.5. The summed E-state index contributed by atoms with van der Waals surface area (Å²) >= 11 is 18.9. The zero-order valence-corrected chi connectivity index (χ0v) is 24.1. The molecule has 39 heavy (non-hydrogen) atoms. The van der Waals surface area contributed by atoms with Crippen molar-refractivity contribution >= 4 is 52.7 Å². The number of ether oxygens (including phenoxy) is 2. The molecule has 0 unspecified atom stereocenters. The van der Waals surface area contributed by atoms with Gasteiger partial charge >= 0.3 is 0 Å². The Balaban J connectivity index is 1.13. The van der Waals surface area contributed by atoms with Crippen molar-refractivity contribution in [3.63, 3.8) is 0 Å². The zero-order valence-electron chi connectivity index (χ0n) is 21.9. The number of hydrogen-bond acceptors (Lipinski definition) is 5. The SMILES string of the molecule is CC(=O)N1CCC(Oc2cc3c(cc2Cl)C=CC2(CCN(CCNC(=O)c4c(Cl)cccc4Cl)CC2)O3)CC1. The number of benzene rings is 2. The van der Waals surface area contributed by atoms with Crippen LogP contribution in [0.2, 0.25) is 15.1 Å². The molecule has 3 aliphatic heterocycles. The zero-order chi connectivity index (χ0) is 27.6. The van der Waals surface area contributed by atoms with Gasteiger partial charge in [-0.2, -0.15) is 0 Å². The maximum absolute atomic E-state index is 12.5. The molecule has 1 spiro atoms. The molecule has 208 valence electrons. The lowest BCUT2D eigenvalue weighted by Crippen LogP contribution is -2.49. The fourth-order valence-corrected chi connectivity index (χ4v) is 6.16. The molecule has 0 saturated carbocycles. The highest BCUT2D eigenvalue weighted by atomic mass is 35.5. The van der Waals surface area contributed by atoms with Gasteiger partial charge in [0.15, 0.2) is 0 Å². The number of halogens is 3. The lowest BCUT2D eigenvalue weighted by atomic mass is 9.88. The molecule has 2 aromatic carbocycles. The van der Waals surface area contributed by atoms with E-state index in [4.69, 9.17) is 44.3 Å². The predicted octanol–water partition coefficient (Wildman–Crippen LogP) is 5.71. The Morgan fingerprint density at radius 3 is 2.41 bits per heavy atom. The molecule has 0 atom stereocenters. The quantitative estimate of drug-likeness (QED) is 0.466. The van der Waals surface area contributed by atoms with E-state index in [1.165, 1.54) is 0 Å². The van der Waals surface area contributed by atoms with Crippen molar-refractivity contribution in [1.29, 1.82) is 0 Å². The van der Waals surface area contributed by atoms with Crippen LogP contribution in [0.1, 0.15) is 48.5 Å². The van der Waals surface area contributed by atoms with E-state index >= 15 is 0 Å². The van der Waals surface area contributed by atoms with E-state index in [1.54, 1.807) is 25.1 Å². The fourth-order valence-electron chi connectivity index (χ4n) is 5.38. The molecule has 7 nitrogen and oxygen atoms in total. The van der Waals surface area contributed by atoms with E-state index in [0.717, 1.165) is 56.6 Å². The highest BCUT2D eigenvalue weighted by Gasteiger charge is 2.37. The average Bonchev–Trinajstić information content (AvgIpc) is 2.91. The number of carbonyl (C=O) groups excluding carboxylic acids is 2. The minimum Gasteiger partial charge on any atom is -0.489 e. The fraction of sp³-hybridized carbons (Fsp3) is 0.448. The van der Waals surface area contributed by atoms with Gasteiger partial charge in [-0.05, 0) is 24.3 Å². The van der Waals surface area contributed by atoms with E-state index in [2.05, 4.69) is 22.4 Å². The molecule has 0 aromatic heterocycles. The Kier molecular flexibility index (Phi) is 8.62. The second-order valence-corrected chi connectivity index (χ2v) is 11.6. The number of rotatable bonds is 6. The number of carbonyl (C=O) groups is 2. The molecule has 10 heteroatoms. The van der Waals surface area contributed by atoms with Crippen LogP contribution in [0.15, 0.2) is 36.4 Å². The smallest absolute Gasteiger partial charge is 0.254 e. The molecule has 5 rings (SSSR count). The second kappa shape index (κ2) is 12.0. The Hall–Kier alpha value is -2.45. The number of hydrogen-bond donors (Lipinski definition) is 1. The lowest BCUT2D eigenvalue weighted by Gasteiger charge is -2.42. The van der Waals surface area contributed by atoms with Gasteiger partial charge in [0.25, 0.3) is 5.91 Å². The molecule has 0 aliphatic carbocycles. The van der Waals surface area contributed by atoms with Crippen molar-refractivity contribution < 1.29 is 19.1 Å². The Morgan fingerprint density at radius 2 is 1.74 bits per heavy atom. The van der Waals surface area contributed by atoms with Gasteiger partial charge in [-0.15, -0.1) is 0 Å². The van der Waals surface area contributed by atoms with E-state index in [1.807, 2.05) is 17.0 Å². The van der Waals surface area contributed by atoms with Gasteiger partial charge in [-0.1, -0.05) is 46.9 Å². The topological polar surface area (TPSA) is 71.1 Å². The van der Waals surface area contributed by atoms with E-state index in [9.17, 15) is 9.59 Å². The molecule has 3 aliphatic rings. The standard InChI is InChI=1S/C29H32Cl3N3O4/c1-19(36)35-12-6-21(7-13-35)38-26-18-25-20(17-24(26)32)5-8-29(39-25)9-14-34(15-10-29)16-11-33-28(37)27-22(30)3-2-4-23(27)31/h2-5,8,17-18,21H,6-7,9-16H2,1H3,(H,33,37). The molecule has 2 saturated heterocycles. The minimum absolute atomic E-state index is 0.0157. The van der Waals surface area contributed by atoms with Gasteiger partial charge in [0, 0.05) is 83.5 Å². The van der Waals surface area contributed by atoms with Crippen molar-refractivity contribution in [2.45, 2.75) is 44.3 Å². The van der Waals surface area contributed by atoms with Crippen LogP contribution in [-0.4, -0.2) is 72.6 Å². The first-order chi connectivity index (χ1) is 18.7. The van der Waals surface area contributed by atoms with Crippen molar-refractivity contribution in [3.8, 4) is 11.5 Å². The summed E-state index contributed by atoms with van der Waals surface area (Å²) in [5, 5.41) is 4.17. The summed E-state index contributed by atoms with van der Waals surface area (Å²) in [7, 11) is 0. The van der Waals surface area contributed by atoms with Crippen molar-refractivity contribution in [2.75, 3.05) is 39.3 Å². The largest absolute Gasteiger partial charge is 0.489 e. The third-order valence-electron chi connectivity index (χ3n) is 7.73. The predicted molar refractivity (Wildman–Crippen MR) is 154 cm³/mol. The van der Waals surface area contributed by atoms with Crippen LogP contribution in [0.5, 0.6) is 11.5 Å². The third kappa shape index (κ3) is 6.49. The van der Waals surface area contributed by atoms with E-state index in [0.29, 0.717) is 46.0 Å². The monoisotopic (exact) mass is 591 g/mol. The molecule has 2 fully saturated rings. The maximum Gasteiger partial charge on any atom is 0.254 e. The third-order valence-corrected chi connectivity index (χ3v) is 8.66. The van der Waals surface area contributed by atoms with Crippen LogP contribution >= 0.6 is 34.8 Å². The molecule has 2 amide bonds. The average molecular weight is 593 g/mol. The molecule has 0 bridgehead atoms. The normalized spacial score (nSPS) is 18.9. The Bertz CT molecular complexity index is 1250. The summed E-state index contributed by atoms with van der Waals surface area (Å²) in [5.74, 6) is 1.23. The molecule has 3 heterocycles. The highest BCUT2D eigenvalue weighted by Crippen LogP contribution is 2.42. The van der Waals surface area contributed by atoms with Gasteiger partial charge in [-0.25, -0.2) is 0 Å². The lowest BCUT2D eigenvalue weighted by molar-refractivity contribution is -0.130. The molecular formula is C29H32Cl3N3O4. The number of amides is 2. The van der Waals surface area contributed by atoms with Gasteiger partial charge in [-0.3, -0.25) is 9.59 Å². The number of fused-ring (bicyclic) bond motifs is 1. The van der Waals surface area contributed by atoms with Gasteiger partial charge in [0.1, 0.15) is 23.2 Å². The summed E-state index contributed by atoms with van der Waals surface area (Å²) in [6.45, 7) is 5.89. The first kappa shape index (κ1) is 28.1. The number of nitrogens with zero attached hydrogens (tertiary/aromatic N) is 2. The van der Waals surface area contributed by atoms with E-state index in [-0.39, 0.29) is 23.5 Å². The van der Waals surface area contributed by atoms with Crippen LogP contribution in [0.25, 0.3) is 6.08 Å². The molecular weight excluding hydrogens is 561 g/mol. The second-order valence-electron chi connectivity index (χ2n) is 10.3. The number of nitrogens with one attached hydrogen (secondary N) is 1. The molecule has 2 aromatic rings. The van der Waals surface area contributed by atoms with Crippen molar-refractivity contribution in [2.24, 2.45) is 0 Å². The van der Waals surface area contributed by atoms with Gasteiger partial charge in [0.05, 0.1) is 20.6 Å². The number of likely N-dealkylation sites (tertiary alicyclic amines) is 2. The van der Waals surface area contributed by atoms with Crippen LogP contribution < -0.4 is 14.8 Å². The van der Waals surface area contributed by atoms with Crippen molar-refractivity contribution in [1.82, 2.24) is 15.1 Å².